The standard InChI is InChI=1S/C30H30N2O5/c1-17-24(20-10-6-7-11-22(20)31-17)26-25(28(34)29(35)32(26)16-19-9-8-14-37-19)27(33)21-15-18(30(2,3)4)12-13-23(21)36-5/h6-15,26,31,33H,16H2,1-5H3/b27-25+. The van der Waals surface area contributed by atoms with Crippen molar-refractivity contribution in [2.45, 2.75) is 45.7 Å². The van der Waals surface area contributed by atoms with E-state index in [4.69, 9.17) is 9.15 Å². The number of H-pyrrole nitrogens is 1. The number of para-hydroxylation sites is 1. The second-order valence-corrected chi connectivity index (χ2v) is 10.4. The summed E-state index contributed by atoms with van der Waals surface area (Å²) in [6.07, 6.45) is 1.53. The molecule has 1 atom stereocenters. The number of ether oxygens (including phenoxy) is 1. The van der Waals surface area contributed by atoms with Crippen LogP contribution >= 0.6 is 0 Å². The number of methoxy groups -OCH3 is 1. The molecular weight excluding hydrogens is 468 g/mol. The van der Waals surface area contributed by atoms with Crippen molar-refractivity contribution >= 4 is 28.4 Å². The molecule has 1 unspecified atom stereocenters. The Morgan fingerprint density at radius 2 is 1.86 bits per heavy atom. The fraction of sp³-hybridized carbons (Fsp3) is 0.267. The van der Waals surface area contributed by atoms with Crippen molar-refractivity contribution in [1.29, 1.82) is 0 Å². The van der Waals surface area contributed by atoms with Crippen LogP contribution in [0.25, 0.3) is 16.7 Å². The first-order chi connectivity index (χ1) is 17.6. The third-order valence-electron chi connectivity index (χ3n) is 6.98. The molecule has 5 rings (SSSR count). The van der Waals surface area contributed by atoms with E-state index in [1.54, 1.807) is 18.2 Å². The number of hydrogen-bond acceptors (Lipinski definition) is 5. The zero-order valence-corrected chi connectivity index (χ0v) is 21.6. The van der Waals surface area contributed by atoms with E-state index in [1.165, 1.54) is 18.3 Å². The summed E-state index contributed by atoms with van der Waals surface area (Å²) in [4.78, 5) is 31.9. The number of nitrogens with zero attached hydrogens (tertiary/aromatic N) is 1. The minimum Gasteiger partial charge on any atom is -0.507 e. The Kier molecular flexibility index (Phi) is 5.94. The highest BCUT2D eigenvalue weighted by atomic mass is 16.5. The molecule has 1 saturated heterocycles. The van der Waals surface area contributed by atoms with Gasteiger partial charge in [0.2, 0.25) is 0 Å². The SMILES string of the molecule is COc1ccc(C(C)(C)C)cc1/C(O)=C1\C(=O)C(=O)N(Cc2ccco2)C1c1c(C)[nH]c2ccccc12. The number of furan rings is 1. The molecule has 0 aliphatic carbocycles. The van der Waals surface area contributed by atoms with E-state index in [0.29, 0.717) is 17.1 Å². The van der Waals surface area contributed by atoms with E-state index in [-0.39, 0.29) is 23.3 Å². The number of ketones is 1. The molecule has 0 radical (unpaired) electrons. The third kappa shape index (κ3) is 4.10. The van der Waals surface area contributed by atoms with Crippen LogP contribution in [0, 0.1) is 6.92 Å². The van der Waals surface area contributed by atoms with Gasteiger partial charge in [0.05, 0.1) is 37.1 Å². The van der Waals surface area contributed by atoms with Crippen LogP contribution in [0.5, 0.6) is 5.75 Å². The lowest BCUT2D eigenvalue weighted by molar-refractivity contribution is -0.140. The number of likely N-dealkylation sites (tertiary alicyclic amines) is 1. The lowest BCUT2D eigenvalue weighted by Gasteiger charge is -2.25. The number of aryl methyl sites for hydroxylation is 1. The van der Waals surface area contributed by atoms with Crippen LogP contribution in [0.3, 0.4) is 0 Å². The quantitative estimate of drug-likeness (QED) is 0.200. The van der Waals surface area contributed by atoms with Gasteiger partial charge in [-0.25, -0.2) is 0 Å². The zero-order valence-electron chi connectivity index (χ0n) is 21.6. The van der Waals surface area contributed by atoms with Crippen LogP contribution < -0.4 is 4.74 Å². The largest absolute Gasteiger partial charge is 0.507 e. The first-order valence-corrected chi connectivity index (χ1v) is 12.2. The predicted molar refractivity (Wildman–Crippen MR) is 141 cm³/mol. The molecule has 1 aliphatic rings. The maximum atomic E-state index is 13.6. The maximum absolute atomic E-state index is 13.6. The van der Waals surface area contributed by atoms with Crippen LogP contribution in [-0.4, -0.2) is 33.8 Å². The van der Waals surface area contributed by atoms with Gasteiger partial charge < -0.3 is 24.1 Å². The van der Waals surface area contributed by atoms with Crippen LogP contribution in [0.2, 0.25) is 0 Å². The van der Waals surface area contributed by atoms with Gasteiger partial charge in [0.15, 0.2) is 0 Å². The molecule has 0 bridgehead atoms. The summed E-state index contributed by atoms with van der Waals surface area (Å²) >= 11 is 0. The number of aromatic amines is 1. The van der Waals surface area contributed by atoms with Gasteiger partial charge in [-0.3, -0.25) is 9.59 Å². The summed E-state index contributed by atoms with van der Waals surface area (Å²) in [5.74, 6) is -0.757. The lowest BCUT2D eigenvalue weighted by atomic mass is 9.85. The Bertz CT molecular complexity index is 1540. The summed E-state index contributed by atoms with van der Waals surface area (Å²) in [5, 5.41) is 12.6. The summed E-state index contributed by atoms with van der Waals surface area (Å²) in [7, 11) is 1.51. The molecule has 0 spiro atoms. The minimum atomic E-state index is -0.829. The van der Waals surface area contributed by atoms with Gasteiger partial charge in [0, 0.05) is 22.2 Å². The molecule has 0 saturated carbocycles. The summed E-state index contributed by atoms with van der Waals surface area (Å²) in [5.41, 5.74) is 3.58. The minimum absolute atomic E-state index is 0.0220. The number of aliphatic hydroxyl groups is 1. The van der Waals surface area contributed by atoms with Gasteiger partial charge >= 0.3 is 0 Å². The van der Waals surface area contributed by atoms with Crippen molar-refractivity contribution < 1.29 is 23.8 Å². The number of hydrogen-bond donors (Lipinski definition) is 2. The molecule has 4 aromatic rings. The van der Waals surface area contributed by atoms with E-state index >= 15 is 0 Å². The lowest BCUT2D eigenvalue weighted by Crippen LogP contribution is -2.29. The highest BCUT2D eigenvalue weighted by molar-refractivity contribution is 6.46. The Hall–Kier alpha value is -4.26. The molecule has 2 aromatic heterocycles. The number of benzene rings is 2. The molecule has 3 heterocycles. The van der Waals surface area contributed by atoms with E-state index in [1.807, 2.05) is 43.3 Å². The van der Waals surface area contributed by atoms with Crippen LogP contribution in [0.1, 0.15) is 55.0 Å². The molecule has 37 heavy (non-hydrogen) atoms. The van der Waals surface area contributed by atoms with Gasteiger partial charge in [0.25, 0.3) is 11.7 Å². The van der Waals surface area contributed by atoms with Crippen molar-refractivity contribution in [2.75, 3.05) is 7.11 Å². The average molecular weight is 499 g/mol. The number of carbonyl (C=O) groups excluding carboxylic acids is 2. The average Bonchev–Trinajstić information content (AvgIpc) is 3.56. The number of Topliss-reactive ketones (excluding diaryl/α,β-unsaturated/α-hetero) is 1. The Balaban J connectivity index is 1.78. The number of carbonyl (C=O) groups is 2. The predicted octanol–water partition coefficient (Wildman–Crippen LogP) is 6.00. The van der Waals surface area contributed by atoms with Crippen molar-refractivity contribution in [3.63, 3.8) is 0 Å². The molecule has 1 amide bonds. The topological polar surface area (TPSA) is 95.8 Å². The molecule has 7 nitrogen and oxygen atoms in total. The first-order valence-electron chi connectivity index (χ1n) is 12.2. The number of amides is 1. The van der Waals surface area contributed by atoms with Gasteiger partial charge in [-0.1, -0.05) is 45.0 Å². The monoisotopic (exact) mass is 498 g/mol. The number of aromatic nitrogens is 1. The molecule has 1 aliphatic heterocycles. The van der Waals surface area contributed by atoms with Crippen LogP contribution in [0.15, 0.2) is 70.9 Å². The van der Waals surface area contributed by atoms with Gasteiger partial charge in [0.1, 0.15) is 17.3 Å². The highest BCUT2D eigenvalue weighted by Crippen LogP contribution is 2.45. The third-order valence-corrected chi connectivity index (χ3v) is 6.98. The van der Waals surface area contributed by atoms with Crippen molar-refractivity contribution in [3.8, 4) is 5.75 Å². The summed E-state index contributed by atoms with van der Waals surface area (Å²) < 4.78 is 11.1. The number of fused-ring (bicyclic) bond motifs is 1. The van der Waals surface area contributed by atoms with Gasteiger partial charge in [-0.2, -0.15) is 0 Å². The molecule has 2 N–H and O–H groups in total. The second kappa shape index (κ2) is 9.00. The fourth-order valence-electron chi connectivity index (χ4n) is 5.07. The van der Waals surface area contributed by atoms with Crippen molar-refractivity contribution in [2.24, 2.45) is 0 Å². The number of aliphatic hydroxyl groups excluding tert-OH is 1. The normalized spacial score (nSPS) is 17.6. The number of rotatable bonds is 5. The zero-order chi connectivity index (χ0) is 26.5. The highest BCUT2D eigenvalue weighted by Gasteiger charge is 2.48. The van der Waals surface area contributed by atoms with E-state index < -0.39 is 17.7 Å². The van der Waals surface area contributed by atoms with Gasteiger partial charge in [-0.15, -0.1) is 0 Å². The van der Waals surface area contributed by atoms with Crippen LogP contribution in [-0.2, 0) is 21.5 Å². The first kappa shape index (κ1) is 24.4. The van der Waals surface area contributed by atoms with Gasteiger partial charge in [-0.05, 0) is 48.2 Å². The van der Waals surface area contributed by atoms with E-state index in [2.05, 4.69) is 25.8 Å². The fourth-order valence-corrected chi connectivity index (χ4v) is 5.07. The Morgan fingerprint density at radius 1 is 1.11 bits per heavy atom. The molecule has 2 aromatic carbocycles. The molecule has 1 fully saturated rings. The van der Waals surface area contributed by atoms with E-state index in [0.717, 1.165) is 27.7 Å². The Morgan fingerprint density at radius 3 is 2.54 bits per heavy atom. The number of nitrogens with one attached hydrogen (secondary N) is 1. The van der Waals surface area contributed by atoms with E-state index in [9.17, 15) is 14.7 Å². The van der Waals surface area contributed by atoms with Crippen molar-refractivity contribution in [1.82, 2.24) is 9.88 Å². The van der Waals surface area contributed by atoms with Crippen LogP contribution in [0.4, 0.5) is 0 Å². The smallest absolute Gasteiger partial charge is 0.296 e. The summed E-state index contributed by atoms with van der Waals surface area (Å²) in [6.45, 7) is 8.18. The van der Waals surface area contributed by atoms with Crippen molar-refractivity contribution in [3.05, 3.63) is 94.6 Å². The summed E-state index contributed by atoms with van der Waals surface area (Å²) in [6, 6.07) is 15.9. The maximum Gasteiger partial charge on any atom is 0.296 e. The molecular formula is C30H30N2O5. The Labute approximate surface area is 215 Å². The molecule has 190 valence electrons. The second-order valence-electron chi connectivity index (χ2n) is 10.4. The molecule has 7 heteroatoms.